The standard InChI is InChI=1S/C31H39N3O4S/c1-7-28(31(36)32-22(2)3)33(20-26-11-9-8-10-12-26)30(35)21-34(29-19-24(5)13-16-25(29)6)39(37,38)27-17-14-23(4)15-18-27/h8-19,22,28H,7,20-21H2,1-6H3,(H,32,36)/t28-/m0/s1. The predicted molar refractivity (Wildman–Crippen MR) is 156 cm³/mol. The molecule has 0 bridgehead atoms. The summed E-state index contributed by atoms with van der Waals surface area (Å²) < 4.78 is 29.2. The number of nitrogens with zero attached hydrogens (tertiary/aromatic N) is 2. The van der Waals surface area contributed by atoms with Crippen LogP contribution >= 0.6 is 0 Å². The normalized spacial score (nSPS) is 12.2. The van der Waals surface area contributed by atoms with Gasteiger partial charge in [0.2, 0.25) is 11.8 Å². The summed E-state index contributed by atoms with van der Waals surface area (Å²) in [4.78, 5) is 28.9. The summed E-state index contributed by atoms with van der Waals surface area (Å²) in [6, 6.07) is 20.7. The number of nitrogens with one attached hydrogen (secondary N) is 1. The fraction of sp³-hybridized carbons (Fsp3) is 0.355. The highest BCUT2D eigenvalue weighted by Gasteiger charge is 2.34. The van der Waals surface area contributed by atoms with Crippen molar-refractivity contribution >= 4 is 27.5 Å². The van der Waals surface area contributed by atoms with Crippen LogP contribution in [0, 0.1) is 20.8 Å². The van der Waals surface area contributed by atoms with Gasteiger partial charge >= 0.3 is 0 Å². The molecule has 0 unspecified atom stereocenters. The molecule has 7 nitrogen and oxygen atoms in total. The molecule has 0 aliphatic rings. The van der Waals surface area contributed by atoms with Crippen molar-refractivity contribution in [1.82, 2.24) is 10.2 Å². The second-order valence-electron chi connectivity index (χ2n) is 10.2. The highest BCUT2D eigenvalue weighted by Crippen LogP contribution is 2.29. The molecule has 0 saturated heterocycles. The zero-order valence-corrected chi connectivity index (χ0v) is 24.5. The first-order chi connectivity index (χ1) is 18.4. The van der Waals surface area contributed by atoms with Crippen molar-refractivity contribution in [3.8, 4) is 0 Å². The van der Waals surface area contributed by atoms with Crippen LogP contribution < -0.4 is 9.62 Å². The van der Waals surface area contributed by atoms with E-state index in [0.29, 0.717) is 12.1 Å². The van der Waals surface area contributed by atoms with Crippen molar-refractivity contribution in [2.45, 2.75) is 71.5 Å². The molecule has 0 aliphatic carbocycles. The Hall–Kier alpha value is -3.65. The SMILES string of the molecule is CC[C@@H](C(=O)NC(C)C)N(Cc1ccccc1)C(=O)CN(c1cc(C)ccc1C)S(=O)(=O)c1ccc(C)cc1. The largest absolute Gasteiger partial charge is 0.352 e. The van der Waals surface area contributed by atoms with Crippen molar-refractivity contribution < 1.29 is 18.0 Å². The van der Waals surface area contributed by atoms with E-state index in [2.05, 4.69) is 5.32 Å². The first kappa shape index (κ1) is 29.9. The predicted octanol–water partition coefficient (Wildman–Crippen LogP) is 5.14. The number of hydrogen-bond donors (Lipinski definition) is 1. The summed E-state index contributed by atoms with van der Waals surface area (Å²) in [7, 11) is -4.10. The van der Waals surface area contributed by atoms with Crippen molar-refractivity contribution in [3.05, 3.63) is 95.1 Å². The minimum Gasteiger partial charge on any atom is -0.352 e. The van der Waals surface area contributed by atoms with Crippen LogP contribution in [-0.2, 0) is 26.2 Å². The topological polar surface area (TPSA) is 86.8 Å². The molecule has 0 radical (unpaired) electrons. The average Bonchev–Trinajstić information content (AvgIpc) is 2.89. The zero-order valence-electron chi connectivity index (χ0n) is 23.6. The third-order valence-electron chi connectivity index (χ3n) is 6.53. The van der Waals surface area contributed by atoms with Gasteiger partial charge < -0.3 is 10.2 Å². The van der Waals surface area contributed by atoms with Crippen molar-refractivity contribution in [1.29, 1.82) is 0 Å². The van der Waals surface area contributed by atoms with E-state index >= 15 is 0 Å². The van der Waals surface area contributed by atoms with Crippen LogP contribution in [-0.4, -0.2) is 43.8 Å². The smallest absolute Gasteiger partial charge is 0.264 e. The van der Waals surface area contributed by atoms with Crippen LogP contribution in [0.15, 0.2) is 77.7 Å². The van der Waals surface area contributed by atoms with Gasteiger partial charge in [-0.2, -0.15) is 0 Å². The molecule has 39 heavy (non-hydrogen) atoms. The van der Waals surface area contributed by atoms with Gasteiger partial charge in [-0.15, -0.1) is 0 Å². The van der Waals surface area contributed by atoms with Crippen LogP contribution in [0.3, 0.4) is 0 Å². The van der Waals surface area contributed by atoms with Crippen molar-refractivity contribution in [3.63, 3.8) is 0 Å². The first-order valence-corrected chi connectivity index (χ1v) is 14.7. The number of aryl methyl sites for hydroxylation is 3. The molecule has 0 saturated carbocycles. The van der Waals surface area contributed by atoms with E-state index in [1.807, 2.05) is 84.0 Å². The monoisotopic (exact) mass is 549 g/mol. The maximum atomic E-state index is 14.1. The second kappa shape index (κ2) is 12.9. The Morgan fingerprint density at radius 1 is 0.872 bits per heavy atom. The van der Waals surface area contributed by atoms with E-state index in [-0.39, 0.29) is 23.4 Å². The quantitative estimate of drug-likeness (QED) is 0.359. The molecule has 8 heteroatoms. The molecule has 0 spiro atoms. The van der Waals surface area contributed by atoms with Gasteiger partial charge in [0.25, 0.3) is 10.0 Å². The Balaban J connectivity index is 2.09. The van der Waals surface area contributed by atoms with E-state index in [1.165, 1.54) is 9.21 Å². The molecule has 3 rings (SSSR count). The van der Waals surface area contributed by atoms with Gasteiger partial charge in [-0.1, -0.05) is 67.1 Å². The molecule has 1 N–H and O–H groups in total. The highest BCUT2D eigenvalue weighted by molar-refractivity contribution is 7.92. The van der Waals surface area contributed by atoms with Gasteiger partial charge in [0, 0.05) is 12.6 Å². The van der Waals surface area contributed by atoms with Gasteiger partial charge in [0.05, 0.1) is 10.6 Å². The Morgan fingerprint density at radius 3 is 2.08 bits per heavy atom. The van der Waals surface area contributed by atoms with Gasteiger partial charge in [0.1, 0.15) is 12.6 Å². The molecule has 2 amide bonds. The molecule has 208 valence electrons. The van der Waals surface area contributed by atoms with E-state index in [4.69, 9.17) is 0 Å². The fourth-order valence-corrected chi connectivity index (χ4v) is 5.89. The van der Waals surface area contributed by atoms with Crippen LogP contribution in [0.4, 0.5) is 5.69 Å². The summed E-state index contributed by atoms with van der Waals surface area (Å²) in [5.74, 6) is -0.724. The average molecular weight is 550 g/mol. The van der Waals surface area contributed by atoms with Crippen molar-refractivity contribution in [2.75, 3.05) is 10.8 Å². The van der Waals surface area contributed by atoms with E-state index in [9.17, 15) is 18.0 Å². The number of carbonyl (C=O) groups excluding carboxylic acids is 2. The number of rotatable bonds is 11. The van der Waals surface area contributed by atoms with Gasteiger partial charge in [-0.05, 0) is 75.9 Å². The lowest BCUT2D eigenvalue weighted by Gasteiger charge is -2.34. The molecule has 0 fully saturated rings. The summed E-state index contributed by atoms with van der Waals surface area (Å²) in [5, 5.41) is 2.91. The number of sulfonamides is 1. The van der Waals surface area contributed by atoms with Crippen LogP contribution in [0.1, 0.15) is 49.4 Å². The first-order valence-electron chi connectivity index (χ1n) is 13.2. The number of carbonyl (C=O) groups is 2. The van der Waals surface area contributed by atoms with Crippen molar-refractivity contribution in [2.24, 2.45) is 0 Å². The summed E-state index contributed by atoms with van der Waals surface area (Å²) in [6.07, 6.45) is 0.380. The molecule has 0 heterocycles. The third kappa shape index (κ3) is 7.47. The molecule has 0 aliphatic heterocycles. The number of hydrogen-bond acceptors (Lipinski definition) is 4. The molecular weight excluding hydrogens is 510 g/mol. The lowest BCUT2D eigenvalue weighted by atomic mass is 10.1. The van der Waals surface area contributed by atoms with Crippen LogP contribution in [0.5, 0.6) is 0 Å². The highest BCUT2D eigenvalue weighted by atomic mass is 32.2. The molecular formula is C31H39N3O4S. The van der Waals surface area contributed by atoms with Gasteiger partial charge in [-0.3, -0.25) is 13.9 Å². The Bertz CT molecular complexity index is 1390. The Morgan fingerprint density at radius 2 is 1.49 bits per heavy atom. The second-order valence-corrected chi connectivity index (χ2v) is 12.1. The molecule has 0 aromatic heterocycles. The lowest BCUT2D eigenvalue weighted by molar-refractivity contribution is -0.140. The van der Waals surface area contributed by atoms with E-state index in [1.54, 1.807) is 30.3 Å². The minimum absolute atomic E-state index is 0.0982. The third-order valence-corrected chi connectivity index (χ3v) is 8.31. The van der Waals surface area contributed by atoms with E-state index in [0.717, 1.165) is 22.3 Å². The number of anilines is 1. The number of benzene rings is 3. The van der Waals surface area contributed by atoms with E-state index < -0.39 is 28.5 Å². The Labute approximate surface area is 232 Å². The fourth-order valence-electron chi connectivity index (χ4n) is 4.42. The maximum Gasteiger partial charge on any atom is 0.264 e. The molecule has 3 aromatic rings. The summed E-state index contributed by atoms with van der Waals surface area (Å²) in [6.45, 7) is 10.9. The molecule has 3 aromatic carbocycles. The summed E-state index contributed by atoms with van der Waals surface area (Å²) >= 11 is 0. The Kier molecular flexibility index (Phi) is 9.92. The molecule has 1 atom stereocenters. The maximum absolute atomic E-state index is 14.1. The lowest BCUT2D eigenvalue weighted by Crippen LogP contribution is -2.53. The summed E-state index contributed by atoms with van der Waals surface area (Å²) in [5.41, 5.74) is 3.81. The van der Waals surface area contributed by atoms with Gasteiger partial charge in [-0.25, -0.2) is 8.42 Å². The van der Waals surface area contributed by atoms with Crippen LogP contribution in [0.25, 0.3) is 0 Å². The van der Waals surface area contributed by atoms with Gasteiger partial charge in [0.15, 0.2) is 0 Å². The van der Waals surface area contributed by atoms with Crippen LogP contribution in [0.2, 0.25) is 0 Å². The number of amides is 2. The zero-order chi connectivity index (χ0) is 28.7. The minimum atomic E-state index is -4.10.